The Bertz CT molecular complexity index is 858. The van der Waals surface area contributed by atoms with Crippen molar-refractivity contribution < 1.29 is 9.53 Å². The van der Waals surface area contributed by atoms with E-state index in [0.29, 0.717) is 32.5 Å². The second-order valence-corrected chi connectivity index (χ2v) is 8.30. The van der Waals surface area contributed by atoms with Crippen LogP contribution in [0.1, 0.15) is 23.4 Å². The van der Waals surface area contributed by atoms with E-state index in [0.717, 1.165) is 55.3 Å². The Morgan fingerprint density at radius 1 is 1.21 bits per heavy atom. The number of fused-ring (bicyclic) bond motifs is 1. The van der Waals surface area contributed by atoms with E-state index in [1.165, 1.54) is 0 Å². The smallest absolute Gasteiger partial charge is 0.223 e. The van der Waals surface area contributed by atoms with Crippen LogP contribution in [0.2, 0.25) is 0 Å². The minimum absolute atomic E-state index is 0.113. The van der Waals surface area contributed by atoms with Crippen molar-refractivity contribution >= 4 is 11.6 Å². The lowest BCUT2D eigenvalue weighted by molar-refractivity contribution is -0.139. The van der Waals surface area contributed by atoms with E-state index in [-0.39, 0.29) is 12.0 Å². The summed E-state index contributed by atoms with van der Waals surface area (Å²) in [6.45, 7) is 11.3. The van der Waals surface area contributed by atoms with Gasteiger partial charge in [-0.25, -0.2) is 9.50 Å². The first-order valence-corrected chi connectivity index (χ1v) is 10.6. The molecule has 8 nitrogen and oxygen atoms in total. The molecule has 2 saturated heterocycles. The average Bonchev–Trinajstić information content (AvgIpc) is 3.18. The number of morpholine rings is 1. The Balaban J connectivity index is 1.32. The molecule has 8 heteroatoms. The van der Waals surface area contributed by atoms with Gasteiger partial charge in [-0.1, -0.05) is 0 Å². The molecular weight excluding hydrogens is 368 g/mol. The lowest BCUT2D eigenvalue weighted by Crippen LogP contribution is -2.52. The molecule has 2 fully saturated rings. The summed E-state index contributed by atoms with van der Waals surface area (Å²) >= 11 is 0. The number of amides is 1. The Kier molecular flexibility index (Phi) is 6.12. The number of aromatic nitrogens is 3. The van der Waals surface area contributed by atoms with Crippen LogP contribution in [0.25, 0.3) is 5.65 Å². The van der Waals surface area contributed by atoms with Gasteiger partial charge in [-0.3, -0.25) is 9.69 Å². The summed E-state index contributed by atoms with van der Waals surface area (Å²) in [5.74, 6) is 0.205. The molecule has 0 radical (unpaired) electrons. The minimum atomic E-state index is 0.113. The maximum atomic E-state index is 12.9. The zero-order valence-corrected chi connectivity index (χ0v) is 17.8. The lowest BCUT2D eigenvalue weighted by Gasteiger charge is -2.38. The molecule has 0 bridgehead atoms. The molecule has 1 unspecified atom stereocenters. The normalized spacial score (nSPS) is 21.8. The summed E-state index contributed by atoms with van der Waals surface area (Å²) < 4.78 is 7.81. The molecule has 1 atom stereocenters. The molecule has 1 amide bonds. The third kappa shape index (κ3) is 4.60. The van der Waals surface area contributed by atoms with E-state index in [2.05, 4.69) is 33.9 Å². The van der Waals surface area contributed by atoms with Crippen molar-refractivity contribution in [3.05, 3.63) is 29.2 Å². The summed E-state index contributed by atoms with van der Waals surface area (Å²) in [5.41, 5.74) is 4.03. The summed E-state index contributed by atoms with van der Waals surface area (Å²) in [6.07, 6.45) is 3.07. The van der Waals surface area contributed by atoms with E-state index in [4.69, 9.17) is 4.74 Å². The third-order valence-corrected chi connectivity index (χ3v) is 6.23. The molecule has 2 aliphatic heterocycles. The highest BCUT2D eigenvalue weighted by atomic mass is 16.5. The molecule has 4 rings (SSSR count). The Morgan fingerprint density at radius 2 is 2.00 bits per heavy atom. The van der Waals surface area contributed by atoms with Gasteiger partial charge in [-0.2, -0.15) is 5.10 Å². The van der Waals surface area contributed by atoms with Crippen molar-refractivity contribution in [3.8, 4) is 0 Å². The topological polar surface area (TPSA) is 66.2 Å². The first-order chi connectivity index (χ1) is 14.0. The van der Waals surface area contributed by atoms with E-state index in [9.17, 15) is 4.79 Å². The number of carbonyl (C=O) groups is 1. The predicted molar refractivity (Wildman–Crippen MR) is 111 cm³/mol. The quantitative estimate of drug-likeness (QED) is 0.738. The number of aryl methyl sites for hydroxylation is 2. The first-order valence-electron chi connectivity index (χ1n) is 10.6. The molecule has 0 N–H and O–H groups in total. The van der Waals surface area contributed by atoms with Crippen LogP contribution in [0.5, 0.6) is 0 Å². The minimum Gasteiger partial charge on any atom is -0.373 e. The number of hydrogen-bond acceptors (Lipinski definition) is 6. The monoisotopic (exact) mass is 400 g/mol. The highest BCUT2D eigenvalue weighted by Crippen LogP contribution is 2.17. The molecule has 0 saturated carbocycles. The Hall–Kier alpha value is -2.03. The van der Waals surface area contributed by atoms with Gasteiger partial charge in [-0.05, 0) is 32.9 Å². The van der Waals surface area contributed by atoms with Gasteiger partial charge in [0.25, 0.3) is 0 Å². The molecule has 2 aromatic rings. The standard InChI is InChI=1S/C21H32N6O2/c1-16-19(17(2)27-20(23-16)6-7-22-27)4-5-21(28)26-12-13-29-18(15-26)14-25-10-8-24(3)9-11-25/h6-7,18H,4-5,8-15H2,1-3H3. The number of hydrogen-bond donors (Lipinski definition) is 0. The molecule has 2 aromatic heterocycles. The van der Waals surface area contributed by atoms with Crippen LogP contribution < -0.4 is 0 Å². The van der Waals surface area contributed by atoms with Gasteiger partial charge in [0.05, 0.1) is 18.9 Å². The van der Waals surface area contributed by atoms with Gasteiger partial charge >= 0.3 is 0 Å². The molecule has 2 aliphatic rings. The Labute approximate surface area is 172 Å². The highest BCUT2D eigenvalue weighted by Gasteiger charge is 2.27. The number of nitrogens with zero attached hydrogens (tertiary/aromatic N) is 6. The predicted octanol–water partition coefficient (Wildman–Crippen LogP) is 0.754. The van der Waals surface area contributed by atoms with E-state index >= 15 is 0 Å². The summed E-state index contributed by atoms with van der Waals surface area (Å²) in [6, 6.07) is 1.91. The van der Waals surface area contributed by atoms with Gasteiger partial charge in [-0.15, -0.1) is 0 Å². The van der Waals surface area contributed by atoms with Crippen LogP contribution in [0.4, 0.5) is 0 Å². The maximum Gasteiger partial charge on any atom is 0.223 e. The molecule has 29 heavy (non-hydrogen) atoms. The Morgan fingerprint density at radius 3 is 2.79 bits per heavy atom. The van der Waals surface area contributed by atoms with Crippen LogP contribution in [0, 0.1) is 13.8 Å². The van der Waals surface area contributed by atoms with Crippen molar-refractivity contribution in [1.29, 1.82) is 0 Å². The number of carbonyl (C=O) groups excluding carboxylic acids is 1. The van der Waals surface area contributed by atoms with Crippen LogP contribution in [-0.4, -0.2) is 101 Å². The second-order valence-electron chi connectivity index (χ2n) is 8.30. The fraction of sp³-hybridized carbons (Fsp3) is 0.667. The van der Waals surface area contributed by atoms with Crippen LogP contribution in [-0.2, 0) is 16.0 Å². The summed E-state index contributed by atoms with van der Waals surface area (Å²) in [7, 11) is 2.16. The number of ether oxygens (including phenoxy) is 1. The number of rotatable bonds is 5. The van der Waals surface area contributed by atoms with Gasteiger partial charge in [0, 0.05) is 69.7 Å². The first kappa shape index (κ1) is 20.3. The molecule has 0 spiro atoms. The fourth-order valence-corrected chi connectivity index (χ4v) is 4.40. The van der Waals surface area contributed by atoms with E-state index < -0.39 is 0 Å². The SMILES string of the molecule is Cc1nc2ccnn2c(C)c1CCC(=O)N1CCOC(CN2CCN(C)CC2)C1. The summed E-state index contributed by atoms with van der Waals surface area (Å²) in [5, 5.41) is 4.34. The summed E-state index contributed by atoms with van der Waals surface area (Å²) in [4.78, 5) is 24.3. The molecule has 4 heterocycles. The van der Waals surface area contributed by atoms with Crippen LogP contribution in [0.3, 0.4) is 0 Å². The molecule has 158 valence electrons. The van der Waals surface area contributed by atoms with Crippen LogP contribution >= 0.6 is 0 Å². The molecular formula is C21H32N6O2. The zero-order chi connectivity index (χ0) is 20.4. The van der Waals surface area contributed by atoms with Gasteiger partial charge in [0.1, 0.15) is 0 Å². The van der Waals surface area contributed by atoms with Crippen LogP contribution in [0.15, 0.2) is 12.3 Å². The average molecular weight is 401 g/mol. The lowest BCUT2D eigenvalue weighted by atomic mass is 10.1. The number of likely N-dealkylation sites (N-methyl/N-ethyl adjacent to an activating group) is 1. The third-order valence-electron chi connectivity index (χ3n) is 6.23. The van der Waals surface area contributed by atoms with E-state index in [1.807, 2.05) is 22.4 Å². The van der Waals surface area contributed by atoms with Crippen molar-refractivity contribution in [2.24, 2.45) is 0 Å². The van der Waals surface area contributed by atoms with Crippen molar-refractivity contribution in [2.45, 2.75) is 32.8 Å². The second kappa shape index (κ2) is 8.77. The highest BCUT2D eigenvalue weighted by molar-refractivity contribution is 5.76. The zero-order valence-electron chi connectivity index (χ0n) is 17.8. The van der Waals surface area contributed by atoms with Gasteiger partial charge < -0.3 is 14.5 Å². The van der Waals surface area contributed by atoms with E-state index in [1.54, 1.807) is 6.20 Å². The molecule has 0 aliphatic carbocycles. The number of piperazine rings is 1. The van der Waals surface area contributed by atoms with Crippen molar-refractivity contribution in [1.82, 2.24) is 29.3 Å². The largest absolute Gasteiger partial charge is 0.373 e. The van der Waals surface area contributed by atoms with Crippen molar-refractivity contribution in [2.75, 3.05) is 59.5 Å². The molecule has 0 aromatic carbocycles. The van der Waals surface area contributed by atoms with Gasteiger partial charge in [0.2, 0.25) is 5.91 Å². The van der Waals surface area contributed by atoms with Gasteiger partial charge in [0.15, 0.2) is 5.65 Å². The maximum absolute atomic E-state index is 12.9. The van der Waals surface area contributed by atoms with Crippen molar-refractivity contribution in [3.63, 3.8) is 0 Å². The fourth-order valence-electron chi connectivity index (χ4n) is 4.40.